The minimum atomic E-state index is -2.45. The topological polar surface area (TPSA) is 3.24 Å². The van der Waals surface area contributed by atoms with Gasteiger partial charge in [0.15, 0.2) is 6.17 Å². The third kappa shape index (κ3) is 1.95. The molecular formula is C15H25N2+. The van der Waals surface area contributed by atoms with E-state index >= 15 is 0 Å². The number of anilines is 1. The Kier molecular flexibility index (Phi) is 1.63. The van der Waals surface area contributed by atoms with Crippen LogP contribution in [0.1, 0.15) is 33.2 Å². The first-order valence-electron chi connectivity index (χ1n) is 8.51. The maximum Gasteiger partial charge on any atom is 0.162 e. The van der Waals surface area contributed by atoms with Gasteiger partial charge in [-0.25, -0.2) is 0 Å². The van der Waals surface area contributed by atoms with E-state index in [9.17, 15) is 0 Å². The zero-order valence-corrected chi connectivity index (χ0v) is 11.3. The highest BCUT2D eigenvalue weighted by Crippen LogP contribution is 2.38. The third-order valence-electron chi connectivity index (χ3n) is 3.60. The van der Waals surface area contributed by atoms with Crippen molar-refractivity contribution in [1.82, 2.24) is 0 Å². The summed E-state index contributed by atoms with van der Waals surface area (Å²) in [6.07, 6.45) is -0.515. The van der Waals surface area contributed by atoms with Crippen molar-refractivity contribution in [1.29, 1.82) is 0 Å². The molecule has 0 N–H and O–H groups in total. The molecule has 2 heteroatoms. The Morgan fingerprint density at radius 3 is 2.65 bits per heavy atom. The molecule has 2 rings (SSSR count). The second-order valence-electron chi connectivity index (χ2n) is 5.53. The van der Waals surface area contributed by atoms with Crippen LogP contribution in [-0.2, 0) is 0 Å². The highest BCUT2D eigenvalue weighted by molar-refractivity contribution is 5.56. The first kappa shape index (κ1) is 7.42. The van der Waals surface area contributed by atoms with Crippen molar-refractivity contribution in [3.05, 3.63) is 29.8 Å². The fourth-order valence-electron chi connectivity index (χ4n) is 2.75. The Hall–Kier alpha value is -1.02. The van der Waals surface area contributed by atoms with Crippen LogP contribution in [0.5, 0.6) is 0 Å². The van der Waals surface area contributed by atoms with Gasteiger partial charge in [0, 0.05) is 12.6 Å². The lowest BCUT2D eigenvalue weighted by molar-refractivity contribution is -0.900. The zero-order chi connectivity index (χ0) is 17.1. The van der Waals surface area contributed by atoms with E-state index in [4.69, 9.17) is 6.85 Å². The lowest BCUT2D eigenvalue weighted by Gasteiger charge is -2.35. The van der Waals surface area contributed by atoms with Gasteiger partial charge in [-0.2, -0.15) is 0 Å². The van der Waals surface area contributed by atoms with E-state index < -0.39 is 29.7 Å². The summed E-state index contributed by atoms with van der Waals surface area (Å²) in [5.74, 6) is 0. The Morgan fingerprint density at radius 2 is 2.12 bits per heavy atom. The summed E-state index contributed by atoms with van der Waals surface area (Å²) in [6.45, 7) is 2.95. The number of quaternary nitrogens is 1. The second-order valence-corrected chi connectivity index (χ2v) is 5.53. The Bertz CT molecular complexity index is 582. The van der Waals surface area contributed by atoms with E-state index in [0.717, 1.165) is 11.3 Å². The van der Waals surface area contributed by atoms with Crippen molar-refractivity contribution < 1.29 is 11.3 Å². The summed E-state index contributed by atoms with van der Waals surface area (Å²) >= 11 is 0. The number of para-hydroxylation sites is 1. The maximum atomic E-state index is 8.62. The van der Waals surface area contributed by atoms with Crippen LogP contribution in [0.4, 0.5) is 5.69 Å². The second kappa shape index (κ2) is 3.74. The predicted octanol–water partition coefficient (Wildman–Crippen LogP) is 3.02. The molecular weight excluding hydrogens is 208 g/mol. The molecule has 2 unspecified atom stereocenters. The van der Waals surface area contributed by atoms with Crippen LogP contribution in [0.3, 0.4) is 0 Å². The lowest BCUT2D eigenvalue weighted by atomic mass is 10.0. The molecule has 0 saturated carbocycles. The van der Waals surface area contributed by atoms with E-state index in [0.29, 0.717) is 0 Å². The number of hydrogen-bond acceptors (Lipinski definition) is 1. The largest absolute Gasteiger partial charge is 0.312 e. The Labute approximate surface area is 112 Å². The zero-order valence-electron chi connectivity index (χ0n) is 16.3. The predicted molar refractivity (Wildman–Crippen MR) is 74.2 cm³/mol. The van der Waals surface area contributed by atoms with Gasteiger partial charge in [-0.05, 0) is 32.4 Å². The van der Waals surface area contributed by atoms with E-state index in [1.807, 2.05) is 36.1 Å². The highest BCUT2D eigenvalue weighted by Gasteiger charge is 2.49. The van der Waals surface area contributed by atoms with Gasteiger partial charge in [-0.15, -0.1) is 0 Å². The van der Waals surface area contributed by atoms with Crippen molar-refractivity contribution in [2.24, 2.45) is 0 Å². The number of benzene rings is 1. The quantitative estimate of drug-likeness (QED) is 0.680. The molecule has 2 nitrogen and oxygen atoms in total. The van der Waals surface area contributed by atoms with Crippen LogP contribution in [0.25, 0.3) is 0 Å². The van der Waals surface area contributed by atoms with Crippen LogP contribution in [0, 0.1) is 6.92 Å². The van der Waals surface area contributed by atoms with Crippen LogP contribution in [-0.4, -0.2) is 36.7 Å². The molecule has 1 aromatic carbocycles. The summed E-state index contributed by atoms with van der Waals surface area (Å²) in [5, 5.41) is 0. The van der Waals surface area contributed by atoms with Gasteiger partial charge in [-0.3, -0.25) is 0 Å². The molecule has 1 aliphatic rings. The Morgan fingerprint density at radius 1 is 1.47 bits per heavy atom. The van der Waals surface area contributed by atoms with Crippen LogP contribution in [0.15, 0.2) is 24.3 Å². The minimum absolute atomic E-state index is 0.515. The van der Waals surface area contributed by atoms with Crippen molar-refractivity contribution in [2.75, 3.05) is 25.4 Å². The molecule has 0 radical (unpaired) electrons. The third-order valence-corrected chi connectivity index (χ3v) is 3.60. The monoisotopic (exact) mass is 238 g/mol. The molecule has 0 amide bonds. The molecule has 1 saturated heterocycles. The van der Waals surface area contributed by atoms with Gasteiger partial charge >= 0.3 is 0 Å². The number of hydrogen-bond donors (Lipinski definition) is 0. The molecule has 1 aliphatic heterocycles. The average molecular weight is 238 g/mol. The average Bonchev–Trinajstić information content (AvgIpc) is 2.47. The lowest BCUT2D eigenvalue weighted by Crippen LogP contribution is -2.47. The smallest absolute Gasteiger partial charge is 0.162 e. The van der Waals surface area contributed by atoms with Gasteiger partial charge in [0.05, 0.1) is 26.4 Å². The molecule has 0 aliphatic carbocycles. The summed E-state index contributed by atoms with van der Waals surface area (Å²) in [5.41, 5.74) is 0.939. The maximum absolute atomic E-state index is 8.62. The van der Waals surface area contributed by atoms with Crippen molar-refractivity contribution in [3.8, 4) is 0 Å². The molecule has 17 heavy (non-hydrogen) atoms. The number of aryl methyl sites for hydroxylation is 1. The molecule has 0 aromatic heterocycles. The molecule has 2 atom stereocenters. The molecule has 0 spiro atoms. The summed E-state index contributed by atoms with van der Waals surface area (Å²) in [7, 11) is 1.50. The van der Waals surface area contributed by atoms with Crippen LogP contribution in [0.2, 0.25) is 0 Å². The highest BCUT2D eigenvalue weighted by atomic mass is 15.5. The van der Waals surface area contributed by atoms with E-state index in [1.54, 1.807) is 20.8 Å². The fraction of sp³-hybridized carbons (Fsp3) is 0.600. The van der Waals surface area contributed by atoms with Gasteiger partial charge in [-0.1, -0.05) is 18.2 Å². The Balaban J connectivity index is 2.72. The molecule has 1 fully saturated rings. The number of nitrogens with zero attached hydrogens (tertiary/aromatic N) is 2. The van der Waals surface area contributed by atoms with Crippen molar-refractivity contribution >= 4 is 5.69 Å². The van der Waals surface area contributed by atoms with Gasteiger partial charge in [0.25, 0.3) is 0 Å². The normalized spacial score (nSPS) is 39.9. The van der Waals surface area contributed by atoms with Crippen molar-refractivity contribution in [3.63, 3.8) is 0 Å². The summed E-state index contributed by atoms with van der Waals surface area (Å²) in [4.78, 5) is 1.93. The number of likely N-dealkylation sites (N-methyl/N-ethyl adjacent to an activating group) is 1. The SMILES string of the molecule is [2H]C([2H])([2H])[N+]1(C)C(C)N(c2ccccc2C)C(C)(C)C1([2H])[2H]. The fourth-order valence-corrected chi connectivity index (χ4v) is 2.75. The summed E-state index contributed by atoms with van der Waals surface area (Å²) < 4.78 is 40.4. The molecule has 1 heterocycles. The molecule has 0 bridgehead atoms. The van der Waals surface area contributed by atoms with E-state index in [1.165, 1.54) is 7.05 Å². The first-order valence-corrected chi connectivity index (χ1v) is 6.01. The standard InChI is InChI=1S/C15H25N2/c1-12-9-7-8-10-14(12)16-13(2)17(5,6)11-15(16,3)4/h7-10,13H,11H2,1-6H3/q+1/i5D3,11D2. The van der Waals surface area contributed by atoms with Gasteiger partial charge < -0.3 is 9.38 Å². The van der Waals surface area contributed by atoms with Crippen LogP contribution < -0.4 is 4.90 Å². The van der Waals surface area contributed by atoms with E-state index in [2.05, 4.69) is 0 Å². The first-order chi connectivity index (χ1) is 9.80. The minimum Gasteiger partial charge on any atom is -0.312 e. The van der Waals surface area contributed by atoms with Crippen LogP contribution >= 0.6 is 0 Å². The van der Waals surface area contributed by atoms with Crippen molar-refractivity contribution in [2.45, 2.75) is 39.4 Å². The summed E-state index contributed by atoms with van der Waals surface area (Å²) in [6, 6.07) is 7.72. The van der Waals surface area contributed by atoms with E-state index in [-0.39, 0.29) is 0 Å². The molecule has 1 aromatic rings. The number of rotatable bonds is 1. The van der Waals surface area contributed by atoms with Gasteiger partial charge in [0.2, 0.25) is 0 Å². The molecule has 94 valence electrons. The van der Waals surface area contributed by atoms with Gasteiger partial charge in [0.1, 0.15) is 6.50 Å².